The van der Waals surface area contributed by atoms with Gasteiger partial charge in [0.25, 0.3) is 17.4 Å². The van der Waals surface area contributed by atoms with Crippen molar-refractivity contribution in [2.24, 2.45) is 0 Å². The summed E-state index contributed by atoms with van der Waals surface area (Å²) in [5.41, 5.74) is -0.546. The van der Waals surface area contributed by atoms with Gasteiger partial charge in [-0.3, -0.25) is 14.9 Å². The number of carbonyl (C=O) groups excluding carboxylic acids is 1. The largest absolute Gasteiger partial charge is 0.319 e. The molecule has 1 amide bonds. The lowest BCUT2D eigenvalue weighted by molar-refractivity contribution is -0.385. The third-order valence-corrected chi connectivity index (χ3v) is 1.90. The molecule has 0 radical (unpaired) electrons. The molecule has 0 spiro atoms. The van der Waals surface area contributed by atoms with E-state index in [0.717, 1.165) is 18.2 Å². The first-order valence-corrected chi connectivity index (χ1v) is 4.56. The van der Waals surface area contributed by atoms with Crippen LogP contribution in [-0.2, 0) is 0 Å². The molecule has 18 heavy (non-hydrogen) atoms. The van der Waals surface area contributed by atoms with Crippen molar-refractivity contribution in [3.8, 4) is 0 Å². The smallest absolute Gasteiger partial charge is 0.297 e. The molecular weight excluding hydrogens is 247 g/mol. The molecule has 0 bridgehead atoms. The number of rotatable bonds is 3. The summed E-state index contributed by atoms with van der Waals surface area (Å²) in [6.45, 7) is 0. The molecule has 1 heterocycles. The first-order valence-electron chi connectivity index (χ1n) is 4.56. The van der Waals surface area contributed by atoms with Crippen LogP contribution in [0.1, 0.15) is 10.6 Å². The Balaban J connectivity index is 2.24. The van der Waals surface area contributed by atoms with Gasteiger partial charge >= 0.3 is 0 Å². The normalized spacial score (nSPS) is 10.1. The number of amides is 1. The highest BCUT2D eigenvalue weighted by atomic mass is 19.1. The maximum atomic E-state index is 13.1. The van der Waals surface area contributed by atoms with E-state index in [2.05, 4.69) is 25.9 Å². The zero-order chi connectivity index (χ0) is 13.1. The van der Waals surface area contributed by atoms with Crippen LogP contribution in [0.15, 0.2) is 18.2 Å². The van der Waals surface area contributed by atoms with Crippen LogP contribution in [0.4, 0.5) is 15.8 Å². The van der Waals surface area contributed by atoms with E-state index in [-0.39, 0.29) is 11.5 Å². The average molecular weight is 252 g/mol. The van der Waals surface area contributed by atoms with Crippen molar-refractivity contribution in [1.82, 2.24) is 20.6 Å². The maximum absolute atomic E-state index is 13.1. The summed E-state index contributed by atoms with van der Waals surface area (Å²) in [5.74, 6) is -1.86. The van der Waals surface area contributed by atoms with Crippen LogP contribution in [0, 0.1) is 15.9 Å². The second-order valence-corrected chi connectivity index (χ2v) is 3.14. The Morgan fingerprint density at radius 3 is 2.83 bits per heavy atom. The van der Waals surface area contributed by atoms with Gasteiger partial charge in [-0.1, -0.05) is 0 Å². The molecule has 10 heteroatoms. The number of hydrogen-bond acceptors (Lipinski definition) is 6. The van der Waals surface area contributed by atoms with Crippen LogP contribution >= 0.6 is 0 Å². The first kappa shape index (κ1) is 11.6. The Morgan fingerprint density at radius 1 is 1.44 bits per heavy atom. The van der Waals surface area contributed by atoms with Gasteiger partial charge in [0.2, 0.25) is 0 Å². The lowest BCUT2D eigenvalue weighted by Crippen LogP contribution is -2.14. The molecule has 2 N–H and O–H groups in total. The molecule has 0 saturated heterocycles. The van der Waals surface area contributed by atoms with E-state index in [9.17, 15) is 19.3 Å². The van der Waals surface area contributed by atoms with Crippen molar-refractivity contribution < 1.29 is 14.1 Å². The molecule has 9 nitrogen and oxygen atoms in total. The van der Waals surface area contributed by atoms with Crippen LogP contribution in [0.3, 0.4) is 0 Å². The maximum Gasteiger partial charge on any atom is 0.297 e. The molecule has 0 aliphatic carbocycles. The predicted molar refractivity (Wildman–Crippen MR) is 55.2 cm³/mol. The second-order valence-electron chi connectivity index (χ2n) is 3.14. The van der Waals surface area contributed by atoms with Gasteiger partial charge in [-0.25, -0.2) is 4.39 Å². The molecule has 0 unspecified atom stereocenters. The molecule has 1 aromatic carbocycles. The number of H-pyrrole nitrogens is 1. The number of anilines is 1. The molecule has 0 saturated carbocycles. The number of hydrogen-bond donors (Lipinski definition) is 2. The minimum absolute atomic E-state index is 0.0727. The number of tetrazole rings is 1. The fourth-order valence-corrected chi connectivity index (χ4v) is 1.20. The lowest BCUT2D eigenvalue weighted by Gasteiger charge is -2.02. The van der Waals surface area contributed by atoms with E-state index < -0.39 is 22.3 Å². The van der Waals surface area contributed by atoms with Gasteiger partial charge in [-0.05, 0) is 11.3 Å². The number of carbonyl (C=O) groups is 1. The fourth-order valence-electron chi connectivity index (χ4n) is 1.20. The minimum Gasteiger partial charge on any atom is -0.319 e. The molecule has 0 fully saturated rings. The van der Waals surface area contributed by atoms with Crippen LogP contribution in [0.5, 0.6) is 0 Å². The number of nitrogens with one attached hydrogen (secondary N) is 2. The van der Waals surface area contributed by atoms with Gasteiger partial charge in [0.15, 0.2) is 0 Å². The average Bonchev–Trinajstić information content (AvgIpc) is 2.81. The summed E-state index contributed by atoms with van der Waals surface area (Å²) in [4.78, 5) is 21.2. The number of nitro groups is 1. The van der Waals surface area contributed by atoms with Crippen LogP contribution in [0.2, 0.25) is 0 Å². The predicted octanol–water partition coefficient (Wildman–Crippen LogP) is 0.499. The van der Waals surface area contributed by atoms with Gasteiger partial charge in [0.1, 0.15) is 5.82 Å². The number of benzene rings is 1. The van der Waals surface area contributed by atoms with Crippen molar-refractivity contribution >= 4 is 17.3 Å². The quantitative estimate of drug-likeness (QED) is 0.604. The van der Waals surface area contributed by atoms with Gasteiger partial charge < -0.3 is 5.32 Å². The topological polar surface area (TPSA) is 127 Å². The van der Waals surface area contributed by atoms with Gasteiger partial charge in [0, 0.05) is 6.07 Å². The monoisotopic (exact) mass is 252 g/mol. The molecule has 92 valence electrons. The standard InChI is InChI=1S/C8H5FN6O3/c9-4-1-5(3-6(2-4)15(17)18)10-8(16)7-11-13-14-12-7/h1-3H,(H,10,16)(H,11,12,13,14). The van der Waals surface area contributed by atoms with Crippen molar-refractivity contribution in [1.29, 1.82) is 0 Å². The van der Waals surface area contributed by atoms with E-state index in [4.69, 9.17) is 0 Å². The third-order valence-electron chi connectivity index (χ3n) is 1.90. The molecule has 0 aliphatic rings. The summed E-state index contributed by atoms with van der Waals surface area (Å²) in [6, 6.07) is 2.69. The number of nitro benzene ring substituents is 1. The highest BCUT2D eigenvalue weighted by molar-refractivity contribution is 6.01. The summed E-state index contributed by atoms with van der Waals surface area (Å²) in [7, 11) is 0. The van der Waals surface area contributed by atoms with Crippen LogP contribution in [0.25, 0.3) is 0 Å². The molecular formula is C8H5FN6O3. The highest BCUT2D eigenvalue weighted by Crippen LogP contribution is 2.20. The van der Waals surface area contributed by atoms with E-state index in [1.54, 1.807) is 0 Å². The number of nitrogens with zero attached hydrogens (tertiary/aromatic N) is 4. The fraction of sp³-hybridized carbons (Fsp3) is 0. The highest BCUT2D eigenvalue weighted by Gasteiger charge is 2.14. The van der Waals surface area contributed by atoms with Gasteiger partial charge in [0.05, 0.1) is 16.7 Å². The second kappa shape index (κ2) is 4.53. The molecule has 0 atom stereocenters. The number of non-ortho nitro benzene ring substituents is 1. The Labute approximate surface area is 98.2 Å². The van der Waals surface area contributed by atoms with Crippen molar-refractivity contribution in [3.05, 3.63) is 40.0 Å². The van der Waals surface area contributed by atoms with Crippen molar-refractivity contribution in [2.75, 3.05) is 5.32 Å². The first-order chi connectivity index (χ1) is 8.56. The third kappa shape index (κ3) is 2.42. The summed E-state index contributed by atoms with van der Waals surface area (Å²) in [5, 5.41) is 24.8. The zero-order valence-corrected chi connectivity index (χ0v) is 8.62. The Bertz CT molecular complexity index is 599. The number of aromatic nitrogens is 4. The lowest BCUT2D eigenvalue weighted by atomic mass is 10.2. The Hall–Kier alpha value is -2.91. The van der Waals surface area contributed by atoms with Crippen LogP contribution in [-0.4, -0.2) is 31.5 Å². The molecule has 2 rings (SSSR count). The van der Waals surface area contributed by atoms with E-state index in [1.807, 2.05) is 0 Å². The van der Waals surface area contributed by atoms with Crippen molar-refractivity contribution in [3.63, 3.8) is 0 Å². The van der Waals surface area contributed by atoms with E-state index >= 15 is 0 Å². The molecule has 0 aliphatic heterocycles. The van der Waals surface area contributed by atoms with Crippen LogP contribution < -0.4 is 5.32 Å². The zero-order valence-electron chi connectivity index (χ0n) is 8.62. The Morgan fingerprint density at radius 2 is 2.22 bits per heavy atom. The minimum atomic E-state index is -0.840. The summed E-state index contributed by atoms with van der Waals surface area (Å²) < 4.78 is 13.1. The number of aromatic amines is 1. The van der Waals surface area contributed by atoms with Crippen molar-refractivity contribution in [2.45, 2.75) is 0 Å². The molecule has 1 aromatic heterocycles. The van der Waals surface area contributed by atoms with Gasteiger partial charge in [-0.15, -0.1) is 10.2 Å². The van der Waals surface area contributed by atoms with E-state index in [0.29, 0.717) is 0 Å². The summed E-state index contributed by atoms with van der Waals surface area (Å²) >= 11 is 0. The van der Waals surface area contributed by atoms with E-state index in [1.165, 1.54) is 0 Å². The number of halogens is 1. The van der Waals surface area contributed by atoms with Gasteiger partial charge in [-0.2, -0.15) is 5.21 Å². The molecule has 2 aromatic rings. The SMILES string of the molecule is O=C(Nc1cc(F)cc([N+](=O)[O-])c1)c1nn[nH]n1. The Kier molecular flexibility index (Phi) is 2.91. The summed E-state index contributed by atoms with van der Waals surface area (Å²) in [6.07, 6.45) is 0.